The van der Waals surface area contributed by atoms with Gasteiger partial charge in [-0.05, 0) is 25.0 Å². The maximum atomic E-state index is 13.5. The summed E-state index contributed by atoms with van der Waals surface area (Å²) >= 11 is 0. The van der Waals surface area contributed by atoms with Crippen molar-refractivity contribution in [3.8, 4) is 0 Å². The molecule has 17 heavy (non-hydrogen) atoms. The zero-order chi connectivity index (χ0) is 11.8. The number of nitrogens with one attached hydrogen (secondary N) is 1. The van der Waals surface area contributed by atoms with Crippen molar-refractivity contribution in [2.45, 2.75) is 31.0 Å². The molecule has 1 saturated heterocycles. The number of aromatic nitrogens is 1. The molecule has 1 saturated carbocycles. The Morgan fingerprint density at radius 2 is 2.41 bits per heavy atom. The lowest BCUT2D eigenvalue weighted by Gasteiger charge is -2.52. The predicted octanol–water partition coefficient (Wildman–Crippen LogP) is 1.14. The van der Waals surface area contributed by atoms with E-state index in [0.717, 1.165) is 19.4 Å². The van der Waals surface area contributed by atoms with Gasteiger partial charge in [-0.15, -0.1) is 0 Å². The highest BCUT2D eigenvalue weighted by Gasteiger charge is 2.50. The fourth-order valence-corrected chi connectivity index (χ4v) is 2.78. The van der Waals surface area contributed by atoms with E-state index in [9.17, 15) is 4.39 Å². The maximum absolute atomic E-state index is 13.5. The van der Waals surface area contributed by atoms with Gasteiger partial charge in [0.15, 0.2) is 11.6 Å². The summed E-state index contributed by atoms with van der Waals surface area (Å²) in [5, 5.41) is 3.06. The van der Waals surface area contributed by atoms with E-state index in [1.165, 1.54) is 6.07 Å². The van der Waals surface area contributed by atoms with Crippen LogP contribution in [0.3, 0.4) is 0 Å². The molecule has 0 radical (unpaired) electrons. The smallest absolute Gasteiger partial charge is 0.165 e. The molecule has 5 heteroatoms. The number of hydrogen-bond acceptors (Lipinski definition) is 4. The molecule has 2 aliphatic rings. The number of nitrogens with two attached hydrogens (primary N) is 1. The number of hydrogen-bond donors (Lipinski definition) is 2. The van der Waals surface area contributed by atoms with Crippen molar-refractivity contribution in [1.29, 1.82) is 0 Å². The number of rotatable bonds is 2. The van der Waals surface area contributed by atoms with E-state index in [1.54, 1.807) is 12.3 Å². The predicted molar refractivity (Wildman–Crippen MR) is 62.0 cm³/mol. The Morgan fingerprint density at radius 3 is 3.24 bits per heavy atom. The Morgan fingerprint density at radius 1 is 1.53 bits per heavy atom. The first kappa shape index (κ1) is 10.9. The van der Waals surface area contributed by atoms with Crippen LogP contribution in [0.2, 0.25) is 0 Å². The average Bonchev–Trinajstić information content (AvgIpc) is 2.37. The molecule has 3 rings (SSSR count). The van der Waals surface area contributed by atoms with E-state index < -0.39 is 0 Å². The summed E-state index contributed by atoms with van der Waals surface area (Å²) in [5.74, 6) is 0.326. The van der Waals surface area contributed by atoms with Crippen LogP contribution in [0.15, 0.2) is 18.3 Å². The van der Waals surface area contributed by atoms with Crippen LogP contribution in [0.1, 0.15) is 12.8 Å². The molecule has 4 unspecified atom stereocenters. The summed E-state index contributed by atoms with van der Waals surface area (Å²) in [6, 6.07) is 2.96. The van der Waals surface area contributed by atoms with Gasteiger partial charge in [-0.2, -0.15) is 0 Å². The van der Waals surface area contributed by atoms with E-state index in [0.29, 0.717) is 5.92 Å². The average molecular weight is 237 g/mol. The molecule has 0 aromatic carbocycles. The lowest BCUT2D eigenvalue weighted by atomic mass is 9.68. The number of anilines is 1. The van der Waals surface area contributed by atoms with Gasteiger partial charge in [-0.25, -0.2) is 9.37 Å². The van der Waals surface area contributed by atoms with Crippen molar-refractivity contribution in [3.63, 3.8) is 0 Å². The van der Waals surface area contributed by atoms with Gasteiger partial charge in [0.05, 0.1) is 12.1 Å². The summed E-state index contributed by atoms with van der Waals surface area (Å²) in [6.07, 6.45) is 3.85. The van der Waals surface area contributed by atoms with Crippen LogP contribution in [-0.2, 0) is 4.74 Å². The van der Waals surface area contributed by atoms with Crippen LogP contribution in [0.5, 0.6) is 0 Å². The number of ether oxygens (including phenoxy) is 1. The molecule has 4 atom stereocenters. The molecule has 4 nitrogen and oxygen atoms in total. The molecule has 0 amide bonds. The molecule has 1 aromatic rings. The van der Waals surface area contributed by atoms with Gasteiger partial charge in [-0.3, -0.25) is 0 Å². The van der Waals surface area contributed by atoms with Gasteiger partial charge in [0.1, 0.15) is 0 Å². The van der Waals surface area contributed by atoms with Crippen LogP contribution in [0, 0.1) is 11.7 Å². The molecule has 2 heterocycles. The maximum Gasteiger partial charge on any atom is 0.165 e. The first-order valence-electron chi connectivity index (χ1n) is 6.01. The molecule has 2 fully saturated rings. The summed E-state index contributed by atoms with van der Waals surface area (Å²) in [4.78, 5) is 3.97. The summed E-state index contributed by atoms with van der Waals surface area (Å²) in [7, 11) is 0. The fraction of sp³-hybridized carbons (Fsp3) is 0.583. The van der Waals surface area contributed by atoms with Crippen LogP contribution >= 0.6 is 0 Å². The normalized spacial score (nSPS) is 35.9. The molecular formula is C12H16FN3O. The van der Waals surface area contributed by atoms with E-state index in [2.05, 4.69) is 10.3 Å². The monoisotopic (exact) mass is 237 g/mol. The molecule has 1 aliphatic heterocycles. The second-order valence-corrected chi connectivity index (χ2v) is 4.72. The first-order chi connectivity index (χ1) is 8.27. The number of nitrogens with zero attached hydrogens (tertiary/aromatic N) is 1. The van der Waals surface area contributed by atoms with Crippen LogP contribution < -0.4 is 11.1 Å². The SMILES string of the molecule is NC1C2CCCOC2C1Nc1ncccc1F. The van der Waals surface area contributed by atoms with Crippen LogP contribution in [0.25, 0.3) is 0 Å². The molecular weight excluding hydrogens is 221 g/mol. The summed E-state index contributed by atoms with van der Waals surface area (Å²) in [5.41, 5.74) is 6.08. The minimum Gasteiger partial charge on any atom is -0.376 e. The highest BCUT2D eigenvalue weighted by molar-refractivity contribution is 5.39. The third kappa shape index (κ3) is 1.79. The van der Waals surface area contributed by atoms with E-state index >= 15 is 0 Å². The van der Waals surface area contributed by atoms with Crippen molar-refractivity contribution >= 4 is 5.82 Å². The van der Waals surface area contributed by atoms with Gasteiger partial charge in [-0.1, -0.05) is 0 Å². The zero-order valence-electron chi connectivity index (χ0n) is 9.47. The standard InChI is InChI=1S/C12H16FN3O/c13-8-4-1-5-15-12(8)16-10-9(14)7-3-2-6-17-11(7)10/h1,4-5,7,9-11H,2-3,6,14H2,(H,15,16). The van der Waals surface area contributed by atoms with Crippen molar-refractivity contribution in [2.75, 3.05) is 11.9 Å². The minimum atomic E-state index is -0.348. The Bertz CT molecular complexity index is 414. The van der Waals surface area contributed by atoms with E-state index in [4.69, 9.17) is 10.5 Å². The Hall–Kier alpha value is -1.20. The molecule has 0 spiro atoms. The highest BCUT2D eigenvalue weighted by Crippen LogP contribution is 2.38. The van der Waals surface area contributed by atoms with Gasteiger partial charge >= 0.3 is 0 Å². The molecule has 0 bridgehead atoms. The summed E-state index contributed by atoms with van der Waals surface area (Å²) in [6.45, 7) is 0.775. The third-order valence-corrected chi connectivity index (χ3v) is 3.74. The van der Waals surface area contributed by atoms with Crippen molar-refractivity contribution in [1.82, 2.24) is 4.98 Å². The highest BCUT2D eigenvalue weighted by atomic mass is 19.1. The quantitative estimate of drug-likeness (QED) is 0.809. The molecule has 1 aromatic heterocycles. The van der Waals surface area contributed by atoms with E-state index in [-0.39, 0.29) is 29.8 Å². The molecule has 3 N–H and O–H groups in total. The second-order valence-electron chi connectivity index (χ2n) is 4.72. The Labute approximate surface area is 99.4 Å². The van der Waals surface area contributed by atoms with Crippen molar-refractivity contribution < 1.29 is 9.13 Å². The van der Waals surface area contributed by atoms with Gasteiger partial charge in [0.2, 0.25) is 0 Å². The van der Waals surface area contributed by atoms with Gasteiger partial charge in [0.25, 0.3) is 0 Å². The lowest BCUT2D eigenvalue weighted by molar-refractivity contribution is -0.104. The molecule has 1 aliphatic carbocycles. The Kier molecular flexibility index (Phi) is 2.72. The zero-order valence-corrected chi connectivity index (χ0v) is 9.47. The number of pyridine rings is 1. The number of halogens is 1. The van der Waals surface area contributed by atoms with Crippen LogP contribution in [-0.4, -0.2) is 29.8 Å². The largest absolute Gasteiger partial charge is 0.376 e. The fourth-order valence-electron chi connectivity index (χ4n) is 2.78. The number of fused-ring (bicyclic) bond motifs is 1. The third-order valence-electron chi connectivity index (χ3n) is 3.74. The molecule has 92 valence electrons. The van der Waals surface area contributed by atoms with Crippen molar-refractivity contribution in [2.24, 2.45) is 11.7 Å². The van der Waals surface area contributed by atoms with E-state index in [1.807, 2.05) is 0 Å². The van der Waals surface area contributed by atoms with Crippen LogP contribution in [0.4, 0.5) is 10.2 Å². The van der Waals surface area contributed by atoms with Gasteiger partial charge < -0.3 is 15.8 Å². The minimum absolute atomic E-state index is 0.0234. The first-order valence-corrected chi connectivity index (χ1v) is 6.01. The lowest BCUT2D eigenvalue weighted by Crippen LogP contribution is -2.69. The van der Waals surface area contributed by atoms with Gasteiger partial charge in [0, 0.05) is 24.8 Å². The second kappa shape index (κ2) is 4.23. The Balaban J connectivity index is 1.72. The summed E-state index contributed by atoms with van der Waals surface area (Å²) < 4.78 is 19.1. The van der Waals surface area contributed by atoms with Crippen molar-refractivity contribution in [3.05, 3.63) is 24.1 Å². The topological polar surface area (TPSA) is 60.2 Å².